The van der Waals surface area contributed by atoms with Crippen LogP contribution < -0.4 is 10.6 Å². The Hall–Kier alpha value is -1.18. The van der Waals surface area contributed by atoms with Gasteiger partial charge >= 0.3 is 0 Å². The lowest BCUT2D eigenvalue weighted by atomic mass is 10.1. The van der Waals surface area contributed by atoms with Crippen LogP contribution in [0.1, 0.15) is 6.42 Å². The molecule has 0 saturated carbocycles. The number of nitro benzene ring substituents is 1. The molecule has 1 saturated heterocycles. The molecule has 18 heavy (non-hydrogen) atoms. The summed E-state index contributed by atoms with van der Waals surface area (Å²) < 4.78 is 0.678. The molecule has 0 aromatic heterocycles. The van der Waals surface area contributed by atoms with Gasteiger partial charge in [0.1, 0.15) is 5.69 Å². The van der Waals surface area contributed by atoms with Gasteiger partial charge in [0.2, 0.25) is 0 Å². The molecule has 0 spiro atoms. The first-order chi connectivity index (χ1) is 8.60. The summed E-state index contributed by atoms with van der Waals surface area (Å²) >= 11 is 3.22. The lowest BCUT2D eigenvalue weighted by Gasteiger charge is -2.13. The lowest BCUT2D eigenvalue weighted by Crippen LogP contribution is -2.25. The van der Waals surface area contributed by atoms with Gasteiger partial charge in [-0.05, 0) is 18.6 Å². The summed E-state index contributed by atoms with van der Waals surface area (Å²) in [6.07, 6.45) is 0.754. The maximum Gasteiger partial charge on any atom is 0.293 e. The number of nitrogens with one attached hydrogen (secondary N) is 2. The number of aliphatic hydroxyl groups is 1. The smallest absolute Gasteiger partial charge is 0.293 e. The molecule has 1 fully saturated rings. The van der Waals surface area contributed by atoms with Crippen LogP contribution in [0.3, 0.4) is 0 Å². The second kappa shape index (κ2) is 5.64. The highest BCUT2D eigenvalue weighted by Crippen LogP contribution is 2.29. The highest BCUT2D eigenvalue weighted by atomic mass is 79.9. The van der Waals surface area contributed by atoms with Gasteiger partial charge in [-0.2, -0.15) is 0 Å². The summed E-state index contributed by atoms with van der Waals surface area (Å²) in [5.41, 5.74) is 0.561. The highest BCUT2D eigenvalue weighted by Gasteiger charge is 2.25. The second-order valence-electron chi connectivity index (χ2n) is 4.28. The molecule has 0 unspecified atom stereocenters. The van der Waals surface area contributed by atoms with E-state index in [9.17, 15) is 10.1 Å². The molecular formula is C11H14BrN3O3. The van der Waals surface area contributed by atoms with Crippen molar-refractivity contribution in [3.8, 4) is 0 Å². The van der Waals surface area contributed by atoms with Gasteiger partial charge in [-0.25, -0.2) is 0 Å². The zero-order valence-electron chi connectivity index (χ0n) is 9.60. The minimum Gasteiger partial charge on any atom is -0.395 e. The molecule has 98 valence electrons. The second-order valence-corrected chi connectivity index (χ2v) is 5.20. The van der Waals surface area contributed by atoms with Crippen LogP contribution in [0, 0.1) is 10.1 Å². The molecule has 0 bridgehead atoms. The molecule has 1 heterocycles. The maximum atomic E-state index is 11.0. The molecule has 0 amide bonds. The van der Waals surface area contributed by atoms with Crippen molar-refractivity contribution in [1.29, 1.82) is 0 Å². The number of hydrogen-bond acceptors (Lipinski definition) is 5. The molecule has 0 aliphatic carbocycles. The van der Waals surface area contributed by atoms with E-state index in [0.717, 1.165) is 6.42 Å². The van der Waals surface area contributed by atoms with E-state index >= 15 is 0 Å². The molecule has 2 atom stereocenters. The lowest BCUT2D eigenvalue weighted by molar-refractivity contribution is -0.384. The minimum absolute atomic E-state index is 0.0526. The van der Waals surface area contributed by atoms with E-state index in [0.29, 0.717) is 16.7 Å². The predicted octanol–water partition coefficient (Wildman–Crippen LogP) is 1.49. The number of benzene rings is 1. The number of anilines is 1. The molecule has 1 aliphatic rings. The van der Waals surface area contributed by atoms with E-state index in [1.165, 1.54) is 6.07 Å². The van der Waals surface area contributed by atoms with Crippen LogP contribution in [0.2, 0.25) is 0 Å². The van der Waals surface area contributed by atoms with E-state index in [2.05, 4.69) is 26.6 Å². The summed E-state index contributed by atoms with van der Waals surface area (Å²) in [6.45, 7) is 0.777. The van der Waals surface area contributed by atoms with Crippen molar-refractivity contribution in [2.75, 3.05) is 18.5 Å². The number of nitro groups is 1. The molecule has 2 rings (SSSR count). The van der Waals surface area contributed by atoms with Gasteiger partial charge in [-0.15, -0.1) is 0 Å². The fourth-order valence-electron chi connectivity index (χ4n) is 2.07. The van der Waals surface area contributed by atoms with Gasteiger partial charge in [0.25, 0.3) is 5.69 Å². The van der Waals surface area contributed by atoms with Crippen LogP contribution in [-0.4, -0.2) is 35.3 Å². The Labute approximate surface area is 113 Å². The maximum absolute atomic E-state index is 11.0. The Balaban J connectivity index is 2.12. The summed E-state index contributed by atoms with van der Waals surface area (Å²) in [6, 6.07) is 5.10. The quantitative estimate of drug-likeness (QED) is 0.579. The zero-order valence-corrected chi connectivity index (χ0v) is 11.2. The molecule has 7 heteroatoms. The SMILES string of the molecule is O=[N+]([O-])c1cc(Br)ccc1N[C@@H]1CN[C@@H](CO)C1. The van der Waals surface area contributed by atoms with Crippen molar-refractivity contribution in [3.63, 3.8) is 0 Å². The Morgan fingerprint density at radius 2 is 2.39 bits per heavy atom. The zero-order chi connectivity index (χ0) is 13.1. The first-order valence-electron chi connectivity index (χ1n) is 5.65. The van der Waals surface area contributed by atoms with Gasteiger partial charge in [0.05, 0.1) is 11.5 Å². The number of nitrogens with zero attached hydrogens (tertiary/aromatic N) is 1. The standard InChI is InChI=1S/C11H14BrN3O3/c12-7-1-2-10(11(3-7)15(17)18)14-8-4-9(6-16)13-5-8/h1-3,8-9,13-14,16H,4-6H2/t8-,9+/m0/s1. The van der Waals surface area contributed by atoms with Crippen molar-refractivity contribution in [1.82, 2.24) is 5.32 Å². The third kappa shape index (κ3) is 2.98. The Kier molecular flexibility index (Phi) is 4.15. The van der Waals surface area contributed by atoms with E-state index in [4.69, 9.17) is 5.11 Å². The summed E-state index contributed by atoms with van der Waals surface area (Å²) in [4.78, 5) is 10.6. The van der Waals surface area contributed by atoms with Crippen LogP contribution in [0.5, 0.6) is 0 Å². The Bertz CT molecular complexity index is 455. The Morgan fingerprint density at radius 1 is 1.61 bits per heavy atom. The summed E-state index contributed by atoms with van der Waals surface area (Å²) in [7, 11) is 0. The van der Waals surface area contributed by atoms with Crippen LogP contribution in [0.4, 0.5) is 11.4 Å². The number of halogens is 1. The fraction of sp³-hybridized carbons (Fsp3) is 0.455. The van der Waals surface area contributed by atoms with Crippen molar-refractivity contribution in [2.45, 2.75) is 18.5 Å². The van der Waals surface area contributed by atoms with Gasteiger partial charge in [-0.3, -0.25) is 10.1 Å². The van der Waals surface area contributed by atoms with Crippen molar-refractivity contribution in [2.24, 2.45) is 0 Å². The molecule has 0 radical (unpaired) electrons. The van der Waals surface area contributed by atoms with E-state index in [-0.39, 0.29) is 24.4 Å². The van der Waals surface area contributed by atoms with Crippen LogP contribution in [-0.2, 0) is 0 Å². The number of rotatable bonds is 4. The Morgan fingerprint density at radius 3 is 3.00 bits per heavy atom. The third-order valence-corrected chi connectivity index (χ3v) is 3.45. The summed E-state index contributed by atoms with van der Waals surface area (Å²) in [5, 5.41) is 26.3. The van der Waals surface area contributed by atoms with E-state index < -0.39 is 4.92 Å². The van der Waals surface area contributed by atoms with E-state index in [1.54, 1.807) is 12.1 Å². The van der Waals surface area contributed by atoms with Gasteiger partial charge in [0, 0.05) is 29.2 Å². The van der Waals surface area contributed by atoms with Crippen LogP contribution in [0.15, 0.2) is 22.7 Å². The minimum atomic E-state index is -0.404. The largest absolute Gasteiger partial charge is 0.395 e. The number of hydrogen-bond donors (Lipinski definition) is 3. The van der Waals surface area contributed by atoms with Crippen LogP contribution in [0.25, 0.3) is 0 Å². The first kappa shape index (κ1) is 13.3. The molecule has 1 aromatic carbocycles. The van der Waals surface area contributed by atoms with Gasteiger partial charge in [-0.1, -0.05) is 15.9 Å². The average Bonchev–Trinajstić information content (AvgIpc) is 2.79. The van der Waals surface area contributed by atoms with Gasteiger partial charge in [0.15, 0.2) is 0 Å². The van der Waals surface area contributed by atoms with Crippen molar-refractivity contribution < 1.29 is 10.0 Å². The van der Waals surface area contributed by atoms with Crippen LogP contribution >= 0.6 is 15.9 Å². The third-order valence-electron chi connectivity index (χ3n) is 2.96. The van der Waals surface area contributed by atoms with Crippen molar-refractivity contribution >= 4 is 27.3 Å². The van der Waals surface area contributed by atoms with E-state index in [1.807, 2.05) is 0 Å². The highest BCUT2D eigenvalue weighted by molar-refractivity contribution is 9.10. The van der Waals surface area contributed by atoms with Gasteiger partial charge < -0.3 is 15.7 Å². The number of aliphatic hydroxyl groups excluding tert-OH is 1. The first-order valence-corrected chi connectivity index (χ1v) is 6.44. The predicted molar refractivity (Wildman–Crippen MR) is 71.7 cm³/mol. The normalized spacial score (nSPS) is 23.0. The molecule has 3 N–H and O–H groups in total. The average molecular weight is 316 g/mol. The topological polar surface area (TPSA) is 87.4 Å². The monoisotopic (exact) mass is 315 g/mol. The molecule has 6 nitrogen and oxygen atoms in total. The van der Waals surface area contributed by atoms with Crippen molar-refractivity contribution in [3.05, 3.63) is 32.8 Å². The fourth-order valence-corrected chi connectivity index (χ4v) is 2.41. The molecule has 1 aromatic rings. The summed E-state index contributed by atoms with van der Waals surface area (Å²) in [5.74, 6) is 0. The molecular weight excluding hydrogens is 302 g/mol. The molecule has 1 aliphatic heterocycles.